The van der Waals surface area contributed by atoms with Crippen LogP contribution in [0.25, 0.3) is 0 Å². The van der Waals surface area contributed by atoms with Crippen LogP contribution in [-0.4, -0.2) is 38.1 Å². The Morgan fingerprint density at radius 2 is 2.05 bits per heavy atom. The van der Waals surface area contributed by atoms with Gasteiger partial charge < -0.3 is 15.4 Å². The third-order valence-corrected chi connectivity index (χ3v) is 3.76. The van der Waals surface area contributed by atoms with Crippen molar-refractivity contribution in [3.63, 3.8) is 0 Å². The van der Waals surface area contributed by atoms with Gasteiger partial charge in [0.2, 0.25) is 0 Å². The topological polar surface area (TPSA) is 55.6 Å². The van der Waals surface area contributed by atoms with E-state index < -0.39 is 5.41 Å². The Hall–Kier alpha value is -1.55. The van der Waals surface area contributed by atoms with Gasteiger partial charge in [-0.15, -0.1) is 0 Å². The van der Waals surface area contributed by atoms with Crippen LogP contribution in [0.15, 0.2) is 24.3 Å². The van der Waals surface area contributed by atoms with Crippen LogP contribution in [0.3, 0.4) is 0 Å². The van der Waals surface area contributed by atoms with Crippen LogP contribution in [0.5, 0.6) is 0 Å². The van der Waals surface area contributed by atoms with Gasteiger partial charge in [-0.25, -0.2) is 0 Å². The minimum absolute atomic E-state index is 0.105. The highest BCUT2D eigenvalue weighted by Crippen LogP contribution is 2.55. The molecule has 0 saturated heterocycles. The zero-order chi connectivity index (χ0) is 14.0. The van der Waals surface area contributed by atoms with Crippen LogP contribution in [-0.2, 0) is 14.9 Å². The van der Waals surface area contributed by atoms with E-state index in [-0.39, 0.29) is 5.97 Å². The van der Waals surface area contributed by atoms with Gasteiger partial charge in [0.05, 0.1) is 12.0 Å². The van der Waals surface area contributed by atoms with Crippen LogP contribution in [0.2, 0.25) is 0 Å². The van der Waals surface area contributed by atoms with Crippen LogP contribution in [0.4, 0.5) is 5.69 Å². The second-order valence-corrected chi connectivity index (χ2v) is 5.48. The number of hydrogen-bond donors (Lipinski definition) is 1. The van der Waals surface area contributed by atoms with Crippen molar-refractivity contribution < 1.29 is 9.53 Å². The Morgan fingerprint density at radius 3 is 2.58 bits per heavy atom. The van der Waals surface area contributed by atoms with Gasteiger partial charge in [0.25, 0.3) is 0 Å². The molecule has 4 nitrogen and oxygen atoms in total. The fourth-order valence-electron chi connectivity index (χ4n) is 2.75. The molecule has 1 aliphatic carbocycles. The van der Waals surface area contributed by atoms with Crippen LogP contribution >= 0.6 is 0 Å². The molecule has 19 heavy (non-hydrogen) atoms. The fourth-order valence-corrected chi connectivity index (χ4v) is 2.75. The zero-order valence-electron chi connectivity index (χ0n) is 11.8. The molecule has 0 bridgehead atoms. The molecule has 1 fully saturated rings. The van der Waals surface area contributed by atoms with Crippen molar-refractivity contribution in [3.8, 4) is 0 Å². The molecule has 1 saturated carbocycles. The lowest BCUT2D eigenvalue weighted by atomic mass is 9.93. The standard InChI is InChI=1S/C15H22N2O2/c1-4-19-14(18)15(9-12(15)10-17(2)3)11-5-7-13(16)8-6-11/h5-8,12H,4,9-10,16H2,1-3H3. The van der Waals surface area contributed by atoms with Crippen molar-refractivity contribution >= 4 is 11.7 Å². The summed E-state index contributed by atoms with van der Waals surface area (Å²) in [6, 6.07) is 7.59. The highest BCUT2D eigenvalue weighted by molar-refractivity contribution is 5.87. The molecule has 2 rings (SSSR count). The molecule has 0 amide bonds. The largest absolute Gasteiger partial charge is 0.465 e. The van der Waals surface area contributed by atoms with Gasteiger partial charge in [-0.05, 0) is 51.1 Å². The van der Waals surface area contributed by atoms with Crippen molar-refractivity contribution in [3.05, 3.63) is 29.8 Å². The van der Waals surface area contributed by atoms with E-state index in [0.717, 1.165) is 18.5 Å². The van der Waals surface area contributed by atoms with Gasteiger partial charge in [0, 0.05) is 12.2 Å². The Balaban J connectivity index is 2.26. The molecule has 0 heterocycles. The number of carbonyl (C=O) groups is 1. The molecule has 2 N–H and O–H groups in total. The van der Waals surface area contributed by atoms with Crippen molar-refractivity contribution in [1.82, 2.24) is 4.90 Å². The minimum atomic E-state index is -0.464. The number of nitrogens with two attached hydrogens (primary N) is 1. The predicted molar refractivity (Wildman–Crippen MR) is 75.8 cm³/mol. The molecular formula is C15H22N2O2. The highest BCUT2D eigenvalue weighted by atomic mass is 16.5. The number of ether oxygens (including phenoxy) is 1. The summed E-state index contributed by atoms with van der Waals surface area (Å²) in [5, 5.41) is 0. The summed E-state index contributed by atoms with van der Waals surface area (Å²) in [4.78, 5) is 14.4. The number of carbonyl (C=O) groups excluding carboxylic acids is 1. The Kier molecular flexibility index (Phi) is 3.80. The third-order valence-electron chi connectivity index (χ3n) is 3.76. The third kappa shape index (κ3) is 2.59. The maximum absolute atomic E-state index is 12.3. The molecular weight excluding hydrogens is 240 g/mol. The van der Waals surface area contributed by atoms with E-state index in [1.54, 1.807) is 0 Å². The van der Waals surface area contributed by atoms with Gasteiger partial charge >= 0.3 is 5.97 Å². The zero-order valence-corrected chi connectivity index (χ0v) is 11.8. The number of nitrogens with zero attached hydrogens (tertiary/aromatic N) is 1. The summed E-state index contributed by atoms with van der Waals surface area (Å²) in [6.07, 6.45) is 0.855. The number of esters is 1. The molecule has 1 aromatic carbocycles. The van der Waals surface area contributed by atoms with Gasteiger partial charge in [-0.3, -0.25) is 4.79 Å². The molecule has 2 atom stereocenters. The highest BCUT2D eigenvalue weighted by Gasteiger charge is 2.62. The molecule has 0 radical (unpaired) electrons. The Labute approximate surface area is 114 Å². The normalized spacial score (nSPS) is 25.4. The van der Waals surface area contributed by atoms with Crippen LogP contribution in [0, 0.1) is 5.92 Å². The maximum atomic E-state index is 12.3. The first-order valence-corrected chi connectivity index (χ1v) is 6.68. The second kappa shape index (κ2) is 5.21. The molecule has 0 aromatic heterocycles. The first-order valence-electron chi connectivity index (χ1n) is 6.68. The number of nitrogen functional groups attached to an aromatic ring is 1. The predicted octanol–water partition coefficient (Wildman–Crippen LogP) is 1.65. The average Bonchev–Trinajstić information content (AvgIpc) is 3.04. The summed E-state index contributed by atoms with van der Waals surface area (Å²) < 4.78 is 5.28. The van der Waals surface area contributed by atoms with E-state index in [0.29, 0.717) is 18.2 Å². The maximum Gasteiger partial charge on any atom is 0.316 e. The van der Waals surface area contributed by atoms with Crippen molar-refractivity contribution in [2.75, 3.05) is 33.0 Å². The van der Waals surface area contributed by atoms with E-state index in [1.165, 1.54) is 0 Å². The second-order valence-electron chi connectivity index (χ2n) is 5.48. The van der Waals surface area contributed by atoms with Gasteiger partial charge in [0.15, 0.2) is 0 Å². The summed E-state index contributed by atoms with van der Waals surface area (Å²) in [7, 11) is 4.05. The van der Waals surface area contributed by atoms with E-state index in [4.69, 9.17) is 10.5 Å². The van der Waals surface area contributed by atoms with Gasteiger partial charge in [-0.2, -0.15) is 0 Å². The quantitative estimate of drug-likeness (QED) is 0.647. The smallest absolute Gasteiger partial charge is 0.316 e. The van der Waals surface area contributed by atoms with Crippen LogP contribution < -0.4 is 5.73 Å². The monoisotopic (exact) mass is 262 g/mol. The van der Waals surface area contributed by atoms with E-state index >= 15 is 0 Å². The lowest BCUT2D eigenvalue weighted by Gasteiger charge is -2.18. The molecule has 1 aliphatic rings. The molecule has 0 spiro atoms. The van der Waals surface area contributed by atoms with Gasteiger partial charge in [-0.1, -0.05) is 12.1 Å². The van der Waals surface area contributed by atoms with E-state index in [1.807, 2.05) is 45.3 Å². The molecule has 4 heteroatoms. The number of benzene rings is 1. The summed E-state index contributed by atoms with van der Waals surface area (Å²) in [5.41, 5.74) is 6.99. The SMILES string of the molecule is CCOC(=O)C1(c2ccc(N)cc2)CC1CN(C)C. The molecule has 1 aromatic rings. The molecule has 104 valence electrons. The fraction of sp³-hybridized carbons (Fsp3) is 0.533. The number of anilines is 1. The summed E-state index contributed by atoms with van der Waals surface area (Å²) >= 11 is 0. The average molecular weight is 262 g/mol. The Morgan fingerprint density at radius 1 is 1.42 bits per heavy atom. The molecule has 0 aliphatic heterocycles. The Bertz CT molecular complexity index is 456. The lowest BCUT2D eigenvalue weighted by Crippen LogP contribution is -2.29. The van der Waals surface area contributed by atoms with E-state index in [2.05, 4.69) is 4.90 Å². The first-order chi connectivity index (χ1) is 9.00. The minimum Gasteiger partial charge on any atom is -0.465 e. The number of hydrogen-bond acceptors (Lipinski definition) is 4. The summed E-state index contributed by atoms with van der Waals surface area (Å²) in [6.45, 7) is 3.16. The first kappa shape index (κ1) is 13.9. The van der Waals surface area contributed by atoms with Gasteiger partial charge in [0.1, 0.15) is 0 Å². The van der Waals surface area contributed by atoms with Crippen LogP contribution in [0.1, 0.15) is 18.9 Å². The number of rotatable bonds is 5. The summed E-state index contributed by atoms with van der Waals surface area (Å²) in [5.74, 6) is 0.219. The van der Waals surface area contributed by atoms with Crippen molar-refractivity contribution in [2.24, 2.45) is 5.92 Å². The van der Waals surface area contributed by atoms with Crippen molar-refractivity contribution in [2.45, 2.75) is 18.8 Å². The molecule has 2 unspecified atom stereocenters. The van der Waals surface area contributed by atoms with E-state index in [9.17, 15) is 4.79 Å². The lowest BCUT2D eigenvalue weighted by molar-refractivity contribution is -0.146. The van der Waals surface area contributed by atoms with Crippen molar-refractivity contribution in [1.29, 1.82) is 0 Å².